The van der Waals surface area contributed by atoms with Gasteiger partial charge in [-0.1, -0.05) is 0 Å². The Labute approximate surface area is 103 Å². The molecule has 1 amide bonds. The van der Waals surface area contributed by atoms with Gasteiger partial charge in [0, 0.05) is 10.6 Å². The molecule has 1 saturated heterocycles. The minimum atomic E-state index is 0.0434. The van der Waals surface area contributed by atoms with E-state index in [1.165, 1.54) is 21.3 Å². The van der Waals surface area contributed by atoms with Gasteiger partial charge in [0.25, 0.3) is 5.91 Å². The molecule has 0 radical (unpaired) electrons. The summed E-state index contributed by atoms with van der Waals surface area (Å²) in [6.45, 7) is 1.41. The predicted octanol–water partition coefficient (Wildman–Crippen LogP) is 2.31. The van der Waals surface area contributed by atoms with Gasteiger partial charge in [0.1, 0.15) is 0 Å². The molecule has 0 aromatic carbocycles. The number of carbonyl (C=O) groups is 1. The lowest BCUT2D eigenvalue weighted by Gasteiger charge is -2.11. The van der Waals surface area contributed by atoms with Crippen LogP contribution in [0.25, 0.3) is 0 Å². The number of hydrogen-bond acceptors (Lipinski definition) is 4. The van der Waals surface area contributed by atoms with E-state index in [1.807, 2.05) is 11.8 Å². The van der Waals surface area contributed by atoms with Crippen LogP contribution in [0.5, 0.6) is 0 Å². The standard InChI is InChI=1S/C11H13NO2S2/c13-11(12-3-1-4-14-12)10-6-8-7-15-5-2-9(8)16-10/h6H,1-5,7H2. The monoisotopic (exact) mass is 255 g/mol. The molecule has 0 aliphatic carbocycles. The average Bonchev–Trinajstić information content (AvgIpc) is 2.97. The summed E-state index contributed by atoms with van der Waals surface area (Å²) < 4.78 is 0. The lowest BCUT2D eigenvalue weighted by molar-refractivity contribution is -0.0765. The smallest absolute Gasteiger partial charge is 0.271 e. The number of thioether (sulfide) groups is 1. The van der Waals surface area contributed by atoms with E-state index in [1.54, 1.807) is 11.3 Å². The van der Waals surface area contributed by atoms with Crippen molar-refractivity contribution in [3.05, 3.63) is 21.4 Å². The molecule has 16 heavy (non-hydrogen) atoms. The molecule has 3 heterocycles. The van der Waals surface area contributed by atoms with Crippen LogP contribution >= 0.6 is 23.1 Å². The molecule has 1 aromatic rings. The van der Waals surface area contributed by atoms with Gasteiger partial charge in [-0.25, -0.2) is 5.06 Å². The van der Waals surface area contributed by atoms with E-state index >= 15 is 0 Å². The Kier molecular flexibility index (Phi) is 2.91. The van der Waals surface area contributed by atoms with Crippen LogP contribution in [0, 0.1) is 0 Å². The number of hydroxylamine groups is 2. The molecule has 0 saturated carbocycles. The molecule has 1 fully saturated rings. The summed E-state index contributed by atoms with van der Waals surface area (Å²) in [7, 11) is 0. The number of aryl methyl sites for hydroxylation is 1. The molecule has 0 unspecified atom stereocenters. The number of fused-ring (bicyclic) bond motifs is 1. The van der Waals surface area contributed by atoms with E-state index in [4.69, 9.17) is 4.84 Å². The van der Waals surface area contributed by atoms with Crippen molar-refractivity contribution in [3.8, 4) is 0 Å². The molecule has 1 aromatic heterocycles. The molecule has 3 nitrogen and oxygen atoms in total. The highest BCUT2D eigenvalue weighted by molar-refractivity contribution is 7.98. The number of thiophene rings is 1. The second-order valence-corrected chi connectivity index (χ2v) is 6.20. The summed E-state index contributed by atoms with van der Waals surface area (Å²) >= 11 is 3.59. The highest BCUT2D eigenvalue weighted by Gasteiger charge is 2.24. The van der Waals surface area contributed by atoms with Crippen LogP contribution in [0.1, 0.15) is 26.5 Å². The summed E-state index contributed by atoms with van der Waals surface area (Å²) in [4.78, 5) is 19.6. The van der Waals surface area contributed by atoms with Crippen molar-refractivity contribution in [1.82, 2.24) is 5.06 Å². The first-order valence-corrected chi connectivity index (χ1v) is 7.46. The predicted molar refractivity (Wildman–Crippen MR) is 65.8 cm³/mol. The van der Waals surface area contributed by atoms with Gasteiger partial charge in [0.2, 0.25) is 0 Å². The van der Waals surface area contributed by atoms with Crippen LogP contribution < -0.4 is 0 Å². The van der Waals surface area contributed by atoms with Crippen LogP contribution in [0.15, 0.2) is 6.07 Å². The Hall–Kier alpha value is -0.520. The van der Waals surface area contributed by atoms with Gasteiger partial charge in [0.15, 0.2) is 0 Å². The minimum absolute atomic E-state index is 0.0434. The summed E-state index contributed by atoms with van der Waals surface area (Å²) in [5.41, 5.74) is 1.35. The Morgan fingerprint density at radius 1 is 1.50 bits per heavy atom. The minimum Gasteiger partial charge on any atom is -0.271 e. The largest absolute Gasteiger partial charge is 0.287 e. The third-order valence-electron chi connectivity index (χ3n) is 2.82. The van der Waals surface area contributed by atoms with Crippen molar-refractivity contribution in [3.63, 3.8) is 0 Å². The molecule has 2 aliphatic rings. The number of carbonyl (C=O) groups excluding carboxylic acids is 1. The first-order valence-electron chi connectivity index (χ1n) is 5.49. The molecular weight excluding hydrogens is 242 g/mol. The van der Waals surface area contributed by atoms with Crippen LogP contribution in [0.4, 0.5) is 0 Å². The molecule has 0 bridgehead atoms. The van der Waals surface area contributed by atoms with E-state index in [-0.39, 0.29) is 5.91 Å². The molecular formula is C11H13NO2S2. The molecule has 0 atom stereocenters. The van der Waals surface area contributed by atoms with Crippen molar-refractivity contribution in [2.24, 2.45) is 0 Å². The van der Waals surface area contributed by atoms with Gasteiger partial charge in [-0.05, 0) is 30.2 Å². The number of hydrogen-bond donors (Lipinski definition) is 0. The van der Waals surface area contributed by atoms with Crippen LogP contribution in [-0.2, 0) is 17.0 Å². The lowest BCUT2D eigenvalue weighted by Crippen LogP contribution is -2.25. The third-order valence-corrected chi connectivity index (χ3v) is 5.05. The first-order chi connectivity index (χ1) is 7.84. The SMILES string of the molecule is O=C(c1cc2c(s1)CCSC2)N1CCCO1. The van der Waals surface area contributed by atoms with Crippen LogP contribution in [0.2, 0.25) is 0 Å². The van der Waals surface area contributed by atoms with Gasteiger partial charge in [0.05, 0.1) is 18.0 Å². The molecule has 3 rings (SSSR count). The fraction of sp³-hybridized carbons (Fsp3) is 0.545. The zero-order chi connectivity index (χ0) is 11.0. The quantitative estimate of drug-likeness (QED) is 0.771. The Bertz CT molecular complexity index is 387. The van der Waals surface area contributed by atoms with Gasteiger partial charge < -0.3 is 0 Å². The molecule has 2 aliphatic heterocycles. The van der Waals surface area contributed by atoms with Gasteiger partial charge in [-0.3, -0.25) is 9.63 Å². The highest BCUT2D eigenvalue weighted by atomic mass is 32.2. The van der Waals surface area contributed by atoms with E-state index in [0.29, 0.717) is 6.61 Å². The second-order valence-electron chi connectivity index (χ2n) is 3.96. The Morgan fingerprint density at radius 3 is 3.19 bits per heavy atom. The van der Waals surface area contributed by atoms with Crippen LogP contribution in [-0.4, -0.2) is 29.9 Å². The Balaban J connectivity index is 1.83. The summed E-state index contributed by atoms with van der Waals surface area (Å²) in [6.07, 6.45) is 2.06. The lowest BCUT2D eigenvalue weighted by atomic mass is 10.2. The van der Waals surface area contributed by atoms with E-state index < -0.39 is 0 Å². The molecule has 86 valence electrons. The summed E-state index contributed by atoms with van der Waals surface area (Å²) in [6, 6.07) is 2.05. The van der Waals surface area contributed by atoms with E-state index in [9.17, 15) is 4.79 Å². The number of rotatable bonds is 1. The van der Waals surface area contributed by atoms with Crippen molar-refractivity contribution < 1.29 is 9.63 Å². The van der Waals surface area contributed by atoms with Crippen molar-refractivity contribution >= 4 is 29.0 Å². The molecule has 0 spiro atoms. The molecule has 0 N–H and O–H groups in total. The highest BCUT2D eigenvalue weighted by Crippen LogP contribution is 2.32. The van der Waals surface area contributed by atoms with Gasteiger partial charge in [-0.2, -0.15) is 11.8 Å². The fourth-order valence-electron chi connectivity index (χ4n) is 1.98. The maximum Gasteiger partial charge on any atom is 0.287 e. The second kappa shape index (κ2) is 4.39. The molecule has 5 heteroatoms. The van der Waals surface area contributed by atoms with E-state index in [2.05, 4.69) is 6.07 Å². The number of amides is 1. The third kappa shape index (κ3) is 1.87. The topological polar surface area (TPSA) is 29.5 Å². The summed E-state index contributed by atoms with van der Waals surface area (Å²) in [5, 5.41) is 1.50. The zero-order valence-corrected chi connectivity index (χ0v) is 10.5. The van der Waals surface area contributed by atoms with Crippen molar-refractivity contribution in [1.29, 1.82) is 0 Å². The van der Waals surface area contributed by atoms with Crippen molar-refractivity contribution in [2.45, 2.75) is 18.6 Å². The first kappa shape index (κ1) is 10.6. The van der Waals surface area contributed by atoms with Crippen LogP contribution in [0.3, 0.4) is 0 Å². The summed E-state index contributed by atoms with van der Waals surface area (Å²) in [5.74, 6) is 2.28. The van der Waals surface area contributed by atoms with Gasteiger partial charge >= 0.3 is 0 Å². The Morgan fingerprint density at radius 2 is 2.44 bits per heavy atom. The van der Waals surface area contributed by atoms with Gasteiger partial charge in [-0.15, -0.1) is 11.3 Å². The van der Waals surface area contributed by atoms with E-state index in [0.717, 1.165) is 30.0 Å². The fourth-order valence-corrected chi connectivity index (χ4v) is 4.30. The van der Waals surface area contributed by atoms with Crippen molar-refractivity contribution in [2.75, 3.05) is 18.9 Å². The number of nitrogens with zero attached hydrogens (tertiary/aromatic N) is 1. The normalized spacial score (nSPS) is 19.9. The maximum atomic E-state index is 12.1. The average molecular weight is 255 g/mol. The maximum absolute atomic E-state index is 12.1. The zero-order valence-electron chi connectivity index (χ0n) is 8.90.